The zero-order valence-electron chi connectivity index (χ0n) is 18.0. The predicted octanol–water partition coefficient (Wildman–Crippen LogP) is 6.97. The number of rotatable bonds is 5. The Morgan fingerprint density at radius 1 is 1.14 bits per heavy atom. The molecule has 0 radical (unpaired) electrons. The van der Waals surface area contributed by atoms with Crippen LogP contribution in [0.3, 0.4) is 0 Å². The SMILES string of the molecule is CC.CCC(=O)c1cccc(C2=CC(C3CC(CC)C3)c3ccnc(C)c32)c1. The summed E-state index contributed by atoms with van der Waals surface area (Å²) in [5.41, 5.74) is 7.04. The van der Waals surface area contributed by atoms with Crippen molar-refractivity contribution in [3.05, 3.63) is 70.6 Å². The van der Waals surface area contributed by atoms with Crippen LogP contribution < -0.4 is 0 Å². The minimum Gasteiger partial charge on any atom is -0.294 e. The third kappa shape index (κ3) is 3.70. The first-order valence-electron chi connectivity index (χ1n) is 10.9. The molecule has 0 aliphatic heterocycles. The smallest absolute Gasteiger partial charge is 0.162 e. The van der Waals surface area contributed by atoms with Crippen molar-refractivity contribution in [1.82, 2.24) is 4.98 Å². The lowest BCUT2D eigenvalue weighted by Crippen LogP contribution is -2.27. The molecule has 2 aromatic rings. The molecule has 2 aliphatic carbocycles. The standard InChI is InChI=1S/C24H27NO.C2H6/c1-4-16-11-19(12-16)21-14-22(24-15(3)25-10-9-20(21)24)17-7-6-8-18(13-17)23(26)5-2;1-2/h6-10,13-14,16,19,21H,4-5,11-12H2,1-3H3;1-2H3. The number of allylic oxidation sites excluding steroid dienone is 1. The highest BCUT2D eigenvalue weighted by Gasteiger charge is 2.38. The van der Waals surface area contributed by atoms with E-state index in [4.69, 9.17) is 0 Å². The Bertz CT molecular complexity index is 874. The normalized spacial score (nSPS) is 22.5. The Kier molecular flexibility index (Phi) is 6.49. The zero-order valence-corrected chi connectivity index (χ0v) is 18.0. The molecule has 2 heteroatoms. The lowest BCUT2D eigenvalue weighted by Gasteiger charge is -2.38. The Hall–Kier alpha value is -2.22. The summed E-state index contributed by atoms with van der Waals surface area (Å²) in [6, 6.07) is 10.3. The summed E-state index contributed by atoms with van der Waals surface area (Å²) < 4.78 is 0. The van der Waals surface area contributed by atoms with Crippen molar-refractivity contribution in [3.63, 3.8) is 0 Å². The van der Waals surface area contributed by atoms with Gasteiger partial charge in [0.2, 0.25) is 0 Å². The van der Waals surface area contributed by atoms with E-state index in [-0.39, 0.29) is 5.78 Å². The maximum Gasteiger partial charge on any atom is 0.162 e. The van der Waals surface area contributed by atoms with Crippen molar-refractivity contribution in [2.24, 2.45) is 11.8 Å². The first-order chi connectivity index (χ1) is 13.6. The maximum absolute atomic E-state index is 12.2. The molecule has 28 heavy (non-hydrogen) atoms. The predicted molar refractivity (Wildman–Crippen MR) is 118 cm³/mol. The Morgan fingerprint density at radius 2 is 1.89 bits per heavy atom. The molecule has 1 heterocycles. The van der Waals surface area contributed by atoms with Crippen molar-refractivity contribution in [1.29, 1.82) is 0 Å². The number of Topliss-reactive ketones (excluding diaryl/α,β-unsaturated/α-hetero) is 1. The second-order valence-electron chi connectivity index (χ2n) is 7.83. The highest BCUT2D eigenvalue weighted by molar-refractivity contribution is 5.97. The molecular formula is C26H33NO. The molecule has 1 saturated carbocycles. The summed E-state index contributed by atoms with van der Waals surface area (Å²) in [5.74, 6) is 2.35. The topological polar surface area (TPSA) is 30.0 Å². The van der Waals surface area contributed by atoms with E-state index in [1.807, 2.05) is 39.1 Å². The van der Waals surface area contributed by atoms with Crippen molar-refractivity contribution < 1.29 is 4.79 Å². The van der Waals surface area contributed by atoms with Crippen LogP contribution in [0, 0.1) is 18.8 Å². The van der Waals surface area contributed by atoms with E-state index in [9.17, 15) is 4.79 Å². The van der Waals surface area contributed by atoms with Crippen LogP contribution in [0.1, 0.15) is 92.0 Å². The van der Waals surface area contributed by atoms with Crippen molar-refractivity contribution in [2.45, 2.75) is 66.2 Å². The van der Waals surface area contributed by atoms with Crippen LogP contribution in [-0.2, 0) is 0 Å². The first-order valence-corrected chi connectivity index (χ1v) is 10.9. The number of hydrogen-bond donors (Lipinski definition) is 0. The van der Waals surface area contributed by atoms with E-state index in [0.29, 0.717) is 12.3 Å². The number of carbonyl (C=O) groups is 1. The average molecular weight is 376 g/mol. The molecule has 148 valence electrons. The van der Waals surface area contributed by atoms with Gasteiger partial charge < -0.3 is 0 Å². The van der Waals surface area contributed by atoms with Crippen LogP contribution in [0.25, 0.3) is 5.57 Å². The van der Waals surface area contributed by atoms with Crippen LogP contribution in [0.4, 0.5) is 0 Å². The highest BCUT2D eigenvalue weighted by Crippen LogP contribution is 2.51. The van der Waals surface area contributed by atoms with Crippen LogP contribution in [0.15, 0.2) is 42.6 Å². The number of ketones is 1. The minimum atomic E-state index is 0.204. The Balaban J connectivity index is 0.00000109. The van der Waals surface area contributed by atoms with Crippen LogP contribution in [0.5, 0.6) is 0 Å². The fourth-order valence-electron chi connectivity index (χ4n) is 4.68. The van der Waals surface area contributed by atoms with Gasteiger partial charge in [0.25, 0.3) is 0 Å². The van der Waals surface area contributed by atoms with Gasteiger partial charge in [-0.15, -0.1) is 0 Å². The molecule has 1 fully saturated rings. The van der Waals surface area contributed by atoms with Gasteiger partial charge in [-0.25, -0.2) is 0 Å². The number of pyridine rings is 1. The molecule has 0 bridgehead atoms. The van der Waals surface area contributed by atoms with Gasteiger partial charge in [0, 0.05) is 35.4 Å². The van der Waals surface area contributed by atoms with E-state index in [2.05, 4.69) is 43.1 Å². The molecule has 0 amide bonds. The molecule has 0 spiro atoms. The molecule has 2 aliphatic rings. The lowest BCUT2D eigenvalue weighted by molar-refractivity contribution is 0.0988. The van der Waals surface area contributed by atoms with E-state index >= 15 is 0 Å². The fraction of sp³-hybridized carbons (Fsp3) is 0.462. The quantitative estimate of drug-likeness (QED) is 0.528. The monoisotopic (exact) mass is 375 g/mol. The van der Waals surface area contributed by atoms with Crippen molar-refractivity contribution in [2.75, 3.05) is 0 Å². The van der Waals surface area contributed by atoms with Gasteiger partial charge in [0.05, 0.1) is 0 Å². The van der Waals surface area contributed by atoms with Gasteiger partial charge >= 0.3 is 0 Å². The molecule has 4 rings (SSSR count). The van der Waals surface area contributed by atoms with Crippen LogP contribution in [-0.4, -0.2) is 10.8 Å². The minimum absolute atomic E-state index is 0.204. The summed E-state index contributed by atoms with van der Waals surface area (Å²) in [6.07, 6.45) is 8.91. The molecule has 1 aromatic carbocycles. The Morgan fingerprint density at radius 3 is 2.57 bits per heavy atom. The van der Waals surface area contributed by atoms with Gasteiger partial charge in [0.15, 0.2) is 5.78 Å². The van der Waals surface area contributed by atoms with Crippen LogP contribution >= 0.6 is 0 Å². The largest absolute Gasteiger partial charge is 0.294 e. The third-order valence-electron chi connectivity index (χ3n) is 6.32. The molecule has 2 nitrogen and oxygen atoms in total. The van der Waals surface area contributed by atoms with Gasteiger partial charge in [0.1, 0.15) is 0 Å². The van der Waals surface area contributed by atoms with Gasteiger partial charge in [-0.1, -0.05) is 58.4 Å². The van der Waals surface area contributed by atoms with Crippen molar-refractivity contribution >= 4 is 11.4 Å². The van der Waals surface area contributed by atoms with E-state index in [1.54, 1.807) is 0 Å². The third-order valence-corrected chi connectivity index (χ3v) is 6.32. The number of hydrogen-bond acceptors (Lipinski definition) is 2. The molecule has 1 atom stereocenters. The maximum atomic E-state index is 12.2. The average Bonchev–Trinajstić information content (AvgIpc) is 3.09. The summed E-state index contributed by atoms with van der Waals surface area (Å²) in [5, 5.41) is 0. The zero-order chi connectivity index (χ0) is 20.3. The molecule has 1 unspecified atom stereocenters. The van der Waals surface area contributed by atoms with E-state index < -0.39 is 0 Å². The second-order valence-corrected chi connectivity index (χ2v) is 7.83. The number of fused-ring (bicyclic) bond motifs is 1. The van der Waals surface area contributed by atoms with E-state index in [0.717, 1.165) is 28.7 Å². The number of aromatic nitrogens is 1. The second kappa shape index (κ2) is 8.86. The lowest BCUT2D eigenvalue weighted by atomic mass is 9.66. The molecular weight excluding hydrogens is 342 g/mol. The van der Waals surface area contributed by atoms with Gasteiger partial charge in [-0.3, -0.25) is 9.78 Å². The molecule has 0 saturated heterocycles. The summed E-state index contributed by atoms with van der Waals surface area (Å²) >= 11 is 0. The summed E-state index contributed by atoms with van der Waals surface area (Å²) in [4.78, 5) is 16.7. The first kappa shape index (κ1) is 20.5. The van der Waals surface area contributed by atoms with Crippen LogP contribution in [0.2, 0.25) is 0 Å². The van der Waals surface area contributed by atoms with E-state index in [1.165, 1.54) is 36.0 Å². The number of aryl methyl sites for hydroxylation is 1. The van der Waals surface area contributed by atoms with Gasteiger partial charge in [-0.2, -0.15) is 0 Å². The molecule has 1 aromatic heterocycles. The summed E-state index contributed by atoms with van der Waals surface area (Å²) in [7, 11) is 0. The Labute approximate surface area is 170 Å². The number of nitrogens with zero attached hydrogens (tertiary/aromatic N) is 1. The highest BCUT2D eigenvalue weighted by atomic mass is 16.1. The molecule has 0 N–H and O–H groups in total. The van der Waals surface area contributed by atoms with Crippen molar-refractivity contribution in [3.8, 4) is 0 Å². The summed E-state index contributed by atoms with van der Waals surface area (Å²) in [6.45, 7) is 10.3. The fourth-order valence-corrected chi connectivity index (χ4v) is 4.68. The number of carbonyl (C=O) groups excluding carboxylic acids is 1. The van der Waals surface area contributed by atoms with Gasteiger partial charge in [-0.05, 0) is 60.4 Å². The number of benzene rings is 1.